The lowest BCUT2D eigenvalue weighted by Crippen LogP contribution is -2.24. The van der Waals surface area contributed by atoms with Gasteiger partial charge in [-0.15, -0.1) is 10.2 Å². The molecule has 0 radical (unpaired) electrons. The third-order valence-electron chi connectivity index (χ3n) is 5.39. The number of para-hydroxylation sites is 1. The molecule has 0 aliphatic heterocycles. The standard InChI is InChI=1S/C24H24N6O2/c1-17-7-11-21(32-17)24-18(15-30(28-24)20-5-3-2-4-6-20)8-12-23(31)25-14-13-22-27-26-16-29(22)19-9-10-19/h2-8,11-12,15-16,19H,9-10,13-14H2,1H3,(H,25,31). The summed E-state index contributed by atoms with van der Waals surface area (Å²) >= 11 is 0. The number of carbonyl (C=O) groups is 1. The summed E-state index contributed by atoms with van der Waals surface area (Å²) in [6.45, 7) is 2.40. The molecule has 3 aromatic heterocycles. The summed E-state index contributed by atoms with van der Waals surface area (Å²) in [5, 5.41) is 15.8. The lowest BCUT2D eigenvalue weighted by molar-refractivity contribution is -0.116. The van der Waals surface area contributed by atoms with E-state index < -0.39 is 0 Å². The van der Waals surface area contributed by atoms with Crippen LogP contribution < -0.4 is 5.32 Å². The molecule has 0 unspecified atom stereocenters. The molecular formula is C24H24N6O2. The summed E-state index contributed by atoms with van der Waals surface area (Å²) in [6.07, 6.45) is 9.96. The van der Waals surface area contributed by atoms with E-state index in [2.05, 4.69) is 20.1 Å². The lowest BCUT2D eigenvalue weighted by atomic mass is 10.2. The number of furan rings is 1. The minimum atomic E-state index is -0.170. The van der Waals surface area contributed by atoms with Crippen molar-refractivity contribution < 1.29 is 9.21 Å². The van der Waals surface area contributed by atoms with Crippen molar-refractivity contribution in [1.29, 1.82) is 0 Å². The topological polar surface area (TPSA) is 90.8 Å². The molecule has 8 heteroatoms. The zero-order valence-electron chi connectivity index (χ0n) is 17.8. The highest BCUT2D eigenvalue weighted by molar-refractivity contribution is 5.92. The quantitative estimate of drug-likeness (QED) is 0.432. The van der Waals surface area contributed by atoms with Crippen LogP contribution in [0, 0.1) is 6.92 Å². The molecule has 1 aliphatic rings. The van der Waals surface area contributed by atoms with Crippen molar-refractivity contribution in [3.05, 3.63) is 78.2 Å². The number of aromatic nitrogens is 5. The summed E-state index contributed by atoms with van der Waals surface area (Å²) in [5.74, 6) is 2.21. The van der Waals surface area contributed by atoms with E-state index in [0.717, 1.165) is 22.8 Å². The molecule has 1 fully saturated rings. The molecule has 0 spiro atoms. The number of amides is 1. The largest absolute Gasteiger partial charge is 0.460 e. The van der Waals surface area contributed by atoms with E-state index in [1.54, 1.807) is 17.1 Å². The van der Waals surface area contributed by atoms with Gasteiger partial charge in [0, 0.05) is 36.8 Å². The number of hydrogen-bond donors (Lipinski definition) is 1. The van der Waals surface area contributed by atoms with Crippen LogP contribution in [0.15, 0.2) is 65.5 Å². The van der Waals surface area contributed by atoms with E-state index in [1.165, 1.54) is 18.9 Å². The Balaban J connectivity index is 1.29. The van der Waals surface area contributed by atoms with Crippen molar-refractivity contribution in [2.24, 2.45) is 0 Å². The van der Waals surface area contributed by atoms with Gasteiger partial charge in [-0.1, -0.05) is 18.2 Å². The molecule has 0 saturated heterocycles. The molecule has 1 aromatic carbocycles. The minimum Gasteiger partial charge on any atom is -0.460 e. The number of nitrogens with zero attached hydrogens (tertiary/aromatic N) is 5. The van der Waals surface area contributed by atoms with Gasteiger partial charge in [-0.3, -0.25) is 4.79 Å². The second-order valence-electron chi connectivity index (χ2n) is 7.88. The van der Waals surface area contributed by atoms with Crippen LogP contribution >= 0.6 is 0 Å². The van der Waals surface area contributed by atoms with Gasteiger partial charge in [-0.25, -0.2) is 4.68 Å². The summed E-state index contributed by atoms with van der Waals surface area (Å²) in [7, 11) is 0. The fourth-order valence-electron chi connectivity index (χ4n) is 3.60. The monoisotopic (exact) mass is 428 g/mol. The maximum Gasteiger partial charge on any atom is 0.244 e. The van der Waals surface area contributed by atoms with Crippen molar-refractivity contribution in [2.75, 3.05) is 6.54 Å². The van der Waals surface area contributed by atoms with Gasteiger partial charge in [0.05, 0.1) is 5.69 Å². The Kier molecular flexibility index (Phi) is 5.41. The van der Waals surface area contributed by atoms with Crippen LogP contribution in [0.4, 0.5) is 0 Å². The van der Waals surface area contributed by atoms with Crippen molar-refractivity contribution in [1.82, 2.24) is 29.9 Å². The van der Waals surface area contributed by atoms with Crippen LogP contribution in [0.3, 0.4) is 0 Å². The highest BCUT2D eigenvalue weighted by atomic mass is 16.3. The lowest BCUT2D eigenvalue weighted by Gasteiger charge is -2.04. The summed E-state index contributed by atoms with van der Waals surface area (Å²) in [5.41, 5.74) is 2.41. The molecule has 3 heterocycles. The molecular weight excluding hydrogens is 404 g/mol. The third-order valence-corrected chi connectivity index (χ3v) is 5.39. The first-order chi connectivity index (χ1) is 15.7. The maximum absolute atomic E-state index is 12.4. The normalized spacial score (nSPS) is 13.7. The number of benzene rings is 1. The zero-order valence-corrected chi connectivity index (χ0v) is 17.8. The average molecular weight is 428 g/mol. The number of carbonyl (C=O) groups excluding carboxylic acids is 1. The van der Waals surface area contributed by atoms with Gasteiger partial charge in [-0.2, -0.15) is 5.10 Å². The first-order valence-electron chi connectivity index (χ1n) is 10.7. The molecule has 32 heavy (non-hydrogen) atoms. The number of rotatable bonds is 8. The fourth-order valence-corrected chi connectivity index (χ4v) is 3.60. The van der Waals surface area contributed by atoms with Gasteiger partial charge in [0.15, 0.2) is 5.76 Å². The third kappa shape index (κ3) is 4.39. The summed E-state index contributed by atoms with van der Waals surface area (Å²) < 4.78 is 9.68. The van der Waals surface area contributed by atoms with Gasteiger partial charge in [0.2, 0.25) is 5.91 Å². The van der Waals surface area contributed by atoms with Crippen LogP contribution in [0.5, 0.6) is 0 Å². The van der Waals surface area contributed by atoms with Gasteiger partial charge < -0.3 is 14.3 Å². The van der Waals surface area contributed by atoms with E-state index in [0.29, 0.717) is 30.5 Å². The molecule has 4 aromatic rings. The van der Waals surface area contributed by atoms with Crippen LogP contribution in [-0.2, 0) is 11.2 Å². The zero-order chi connectivity index (χ0) is 21.9. The Hall–Kier alpha value is -3.94. The molecule has 1 N–H and O–H groups in total. The maximum atomic E-state index is 12.4. The first kappa shape index (κ1) is 20.0. The van der Waals surface area contributed by atoms with Gasteiger partial charge in [0.25, 0.3) is 0 Å². The van der Waals surface area contributed by atoms with E-state index in [4.69, 9.17) is 9.52 Å². The SMILES string of the molecule is Cc1ccc(-c2nn(-c3ccccc3)cc2C=CC(=O)NCCc2nncn2C2CC2)o1. The Bertz CT molecular complexity index is 1250. The van der Waals surface area contributed by atoms with Crippen molar-refractivity contribution in [2.45, 2.75) is 32.2 Å². The molecule has 1 aliphatic carbocycles. The molecule has 8 nitrogen and oxygen atoms in total. The van der Waals surface area contributed by atoms with E-state index in [9.17, 15) is 4.79 Å². The van der Waals surface area contributed by atoms with Gasteiger partial charge >= 0.3 is 0 Å². The molecule has 1 saturated carbocycles. The van der Waals surface area contributed by atoms with E-state index >= 15 is 0 Å². The highest BCUT2D eigenvalue weighted by Crippen LogP contribution is 2.35. The second kappa shape index (κ2) is 8.66. The molecule has 1 amide bonds. The van der Waals surface area contributed by atoms with Crippen molar-refractivity contribution in [3.8, 4) is 17.1 Å². The number of nitrogens with one attached hydrogen (secondary N) is 1. The number of aryl methyl sites for hydroxylation is 1. The van der Waals surface area contributed by atoms with Crippen molar-refractivity contribution >= 4 is 12.0 Å². The van der Waals surface area contributed by atoms with E-state index in [-0.39, 0.29) is 5.91 Å². The minimum absolute atomic E-state index is 0.170. The van der Waals surface area contributed by atoms with Crippen LogP contribution in [0.1, 0.15) is 36.0 Å². The van der Waals surface area contributed by atoms with Gasteiger partial charge in [0.1, 0.15) is 23.6 Å². The Morgan fingerprint density at radius 3 is 2.81 bits per heavy atom. The molecule has 162 valence electrons. The predicted molar refractivity (Wildman–Crippen MR) is 120 cm³/mol. The van der Waals surface area contributed by atoms with Crippen LogP contribution in [0.25, 0.3) is 23.2 Å². The second-order valence-corrected chi connectivity index (χ2v) is 7.88. The van der Waals surface area contributed by atoms with Crippen molar-refractivity contribution in [3.63, 3.8) is 0 Å². The Morgan fingerprint density at radius 1 is 1.22 bits per heavy atom. The smallest absolute Gasteiger partial charge is 0.244 e. The summed E-state index contributed by atoms with van der Waals surface area (Å²) in [6, 6.07) is 14.2. The molecule has 0 atom stereocenters. The predicted octanol–water partition coefficient (Wildman–Crippen LogP) is 3.74. The summed E-state index contributed by atoms with van der Waals surface area (Å²) in [4.78, 5) is 12.4. The molecule has 0 bridgehead atoms. The Labute approximate surface area is 185 Å². The average Bonchev–Trinajstić information content (AvgIpc) is 3.19. The van der Waals surface area contributed by atoms with E-state index in [1.807, 2.05) is 55.6 Å². The van der Waals surface area contributed by atoms with Gasteiger partial charge in [-0.05, 0) is 50.1 Å². The Morgan fingerprint density at radius 2 is 2.06 bits per heavy atom. The van der Waals surface area contributed by atoms with Crippen LogP contribution in [0.2, 0.25) is 0 Å². The first-order valence-corrected chi connectivity index (χ1v) is 10.7. The number of hydrogen-bond acceptors (Lipinski definition) is 5. The highest BCUT2D eigenvalue weighted by Gasteiger charge is 2.25. The fraction of sp³-hybridized carbons (Fsp3) is 0.250. The molecule has 5 rings (SSSR count). The van der Waals surface area contributed by atoms with Crippen LogP contribution in [-0.4, -0.2) is 37.0 Å².